The lowest BCUT2D eigenvalue weighted by molar-refractivity contribution is -0.120. The summed E-state index contributed by atoms with van der Waals surface area (Å²) in [6.07, 6.45) is 4.26. The molecule has 0 spiro atoms. The van der Waals surface area contributed by atoms with Crippen molar-refractivity contribution in [2.24, 2.45) is 5.92 Å². The third-order valence-corrected chi connectivity index (χ3v) is 7.64. The fourth-order valence-corrected chi connectivity index (χ4v) is 5.53. The molecule has 1 amide bonds. The van der Waals surface area contributed by atoms with Gasteiger partial charge in [0.15, 0.2) is 5.16 Å². The lowest BCUT2D eigenvalue weighted by atomic mass is 9.90. The molecule has 1 unspecified atom stereocenters. The molecular weight excluding hydrogens is 392 g/mol. The first kappa shape index (κ1) is 20.9. The molecule has 0 fully saturated rings. The highest BCUT2D eigenvalue weighted by Gasteiger charge is 2.30. The van der Waals surface area contributed by atoms with Crippen molar-refractivity contribution < 1.29 is 4.79 Å². The quantitative estimate of drug-likeness (QED) is 0.573. The lowest BCUT2D eigenvalue weighted by Crippen LogP contribution is -2.49. The molecule has 0 saturated heterocycles. The summed E-state index contributed by atoms with van der Waals surface area (Å²) in [5.74, 6) is -0.120. The summed E-state index contributed by atoms with van der Waals surface area (Å²) in [5.41, 5.74) is 0.271. The van der Waals surface area contributed by atoms with Gasteiger partial charge in [-0.1, -0.05) is 25.6 Å². The molecule has 0 saturated carbocycles. The highest BCUT2D eigenvalue weighted by Crippen LogP contribution is 2.34. The van der Waals surface area contributed by atoms with Crippen LogP contribution in [-0.2, 0) is 24.2 Å². The Morgan fingerprint density at radius 2 is 2.14 bits per heavy atom. The van der Waals surface area contributed by atoms with Gasteiger partial charge < -0.3 is 5.32 Å². The number of nitrogens with zero attached hydrogens (tertiary/aromatic N) is 3. The monoisotopic (exact) mass is 418 g/mol. The molecule has 1 aliphatic rings. The van der Waals surface area contributed by atoms with Crippen molar-refractivity contribution in [2.75, 3.05) is 5.75 Å². The summed E-state index contributed by atoms with van der Waals surface area (Å²) < 4.78 is 1.66. The predicted octanol–water partition coefficient (Wildman–Crippen LogP) is 3.50. The molecule has 150 valence electrons. The number of aromatic nitrogens is 2. The summed E-state index contributed by atoms with van der Waals surface area (Å²) in [5, 5.41) is 13.5. The molecular formula is C20H26N4O2S2. The summed E-state index contributed by atoms with van der Waals surface area (Å²) in [4.78, 5) is 32.3. The van der Waals surface area contributed by atoms with E-state index in [9.17, 15) is 14.9 Å². The molecule has 2 heterocycles. The zero-order valence-electron chi connectivity index (χ0n) is 16.8. The highest BCUT2D eigenvalue weighted by atomic mass is 32.2. The number of nitrogens with one attached hydrogen (secondary N) is 1. The van der Waals surface area contributed by atoms with E-state index in [0.717, 1.165) is 35.9 Å². The Morgan fingerprint density at radius 3 is 2.79 bits per heavy atom. The van der Waals surface area contributed by atoms with Crippen LogP contribution in [0.15, 0.2) is 9.95 Å². The van der Waals surface area contributed by atoms with Gasteiger partial charge in [0.2, 0.25) is 5.91 Å². The zero-order chi connectivity index (χ0) is 20.5. The number of nitriles is 1. The van der Waals surface area contributed by atoms with Crippen molar-refractivity contribution in [3.63, 3.8) is 0 Å². The van der Waals surface area contributed by atoms with E-state index in [1.807, 2.05) is 20.8 Å². The fourth-order valence-electron chi connectivity index (χ4n) is 3.37. The van der Waals surface area contributed by atoms with Crippen molar-refractivity contribution in [1.82, 2.24) is 14.9 Å². The molecule has 2 aromatic heterocycles. The number of thiophene rings is 1. The summed E-state index contributed by atoms with van der Waals surface area (Å²) in [6.45, 7) is 7.96. The average molecular weight is 419 g/mol. The van der Waals surface area contributed by atoms with Crippen LogP contribution in [0.1, 0.15) is 51.0 Å². The van der Waals surface area contributed by atoms with Crippen LogP contribution in [0.3, 0.4) is 0 Å². The second-order valence-corrected chi connectivity index (χ2v) is 9.67. The maximum absolute atomic E-state index is 13.1. The molecule has 28 heavy (non-hydrogen) atoms. The Balaban J connectivity index is 1.86. The van der Waals surface area contributed by atoms with Crippen LogP contribution < -0.4 is 10.9 Å². The van der Waals surface area contributed by atoms with Crippen LogP contribution in [0, 0.1) is 17.2 Å². The number of amides is 1. The van der Waals surface area contributed by atoms with Gasteiger partial charge in [-0.05, 0) is 51.0 Å². The Hall–Kier alpha value is -1.85. The molecule has 0 aliphatic heterocycles. The molecule has 2 aromatic rings. The van der Waals surface area contributed by atoms with Crippen LogP contribution in [0.25, 0.3) is 10.2 Å². The van der Waals surface area contributed by atoms with E-state index in [1.54, 1.807) is 22.8 Å². The van der Waals surface area contributed by atoms with Gasteiger partial charge in [-0.3, -0.25) is 14.2 Å². The summed E-state index contributed by atoms with van der Waals surface area (Å²) >= 11 is 2.87. The second-order valence-electron chi connectivity index (χ2n) is 7.64. The Labute approximate surface area is 173 Å². The first-order valence-corrected chi connectivity index (χ1v) is 11.5. The largest absolute Gasteiger partial charge is 0.337 e. The van der Waals surface area contributed by atoms with Crippen LogP contribution in [-0.4, -0.2) is 26.8 Å². The SMILES string of the molecule is CCn1c(SCC(=O)NC(C)(C#N)C(C)C)nc2sc3c(c2c1=O)CCCC3. The van der Waals surface area contributed by atoms with E-state index in [2.05, 4.69) is 11.4 Å². The molecule has 0 aromatic carbocycles. The molecule has 6 nitrogen and oxygen atoms in total. The number of carbonyl (C=O) groups is 1. The van der Waals surface area contributed by atoms with Gasteiger partial charge in [0.05, 0.1) is 17.2 Å². The van der Waals surface area contributed by atoms with Crippen LogP contribution in [0.4, 0.5) is 0 Å². The first-order valence-electron chi connectivity index (χ1n) is 9.70. The van der Waals surface area contributed by atoms with E-state index in [0.29, 0.717) is 11.7 Å². The van der Waals surface area contributed by atoms with Crippen LogP contribution in [0.2, 0.25) is 0 Å². The summed E-state index contributed by atoms with van der Waals surface area (Å²) in [7, 11) is 0. The zero-order valence-corrected chi connectivity index (χ0v) is 18.4. The Kier molecular flexibility index (Phi) is 6.15. The third-order valence-electron chi connectivity index (χ3n) is 5.47. The highest BCUT2D eigenvalue weighted by molar-refractivity contribution is 7.99. The molecule has 0 bridgehead atoms. The predicted molar refractivity (Wildman–Crippen MR) is 114 cm³/mol. The van der Waals surface area contributed by atoms with Gasteiger partial charge >= 0.3 is 0 Å². The number of hydrogen-bond donors (Lipinski definition) is 1. The van der Waals surface area contributed by atoms with E-state index in [1.165, 1.54) is 22.2 Å². The van der Waals surface area contributed by atoms with E-state index in [-0.39, 0.29) is 23.1 Å². The van der Waals surface area contributed by atoms with Crippen LogP contribution >= 0.6 is 23.1 Å². The van der Waals surface area contributed by atoms with Gasteiger partial charge in [0.1, 0.15) is 10.4 Å². The number of fused-ring (bicyclic) bond motifs is 3. The molecule has 8 heteroatoms. The number of thioether (sulfide) groups is 1. The van der Waals surface area contributed by atoms with Crippen molar-refractivity contribution >= 4 is 39.2 Å². The standard InChI is InChI=1S/C20H26N4O2S2/c1-5-24-18(26)16-13-8-6-7-9-14(13)28-17(16)22-19(24)27-10-15(25)23-20(4,11-21)12(2)3/h12H,5-10H2,1-4H3,(H,23,25). The fraction of sp³-hybridized carbons (Fsp3) is 0.600. The van der Waals surface area contributed by atoms with E-state index in [4.69, 9.17) is 4.98 Å². The summed E-state index contributed by atoms with van der Waals surface area (Å²) in [6, 6.07) is 2.18. The van der Waals surface area contributed by atoms with E-state index >= 15 is 0 Å². The average Bonchev–Trinajstić information content (AvgIpc) is 3.04. The maximum Gasteiger partial charge on any atom is 0.263 e. The molecule has 1 aliphatic carbocycles. The number of rotatable bonds is 6. The van der Waals surface area contributed by atoms with E-state index < -0.39 is 5.54 Å². The van der Waals surface area contributed by atoms with Gasteiger partial charge in [-0.2, -0.15) is 5.26 Å². The number of carbonyl (C=O) groups excluding carboxylic acids is 1. The van der Waals surface area contributed by atoms with Gasteiger partial charge in [-0.15, -0.1) is 11.3 Å². The minimum absolute atomic E-state index is 0.00106. The van der Waals surface area contributed by atoms with Crippen LogP contribution in [0.5, 0.6) is 0 Å². The number of aryl methyl sites for hydroxylation is 2. The normalized spacial score (nSPS) is 15.9. The van der Waals surface area contributed by atoms with Crippen molar-refractivity contribution in [1.29, 1.82) is 5.26 Å². The molecule has 3 rings (SSSR count). The van der Waals surface area contributed by atoms with Crippen molar-refractivity contribution in [3.8, 4) is 6.07 Å². The lowest BCUT2D eigenvalue weighted by Gasteiger charge is -2.27. The first-order chi connectivity index (χ1) is 13.3. The second kappa shape index (κ2) is 8.26. The molecule has 1 atom stereocenters. The molecule has 1 N–H and O–H groups in total. The molecule has 0 radical (unpaired) electrons. The minimum Gasteiger partial charge on any atom is -0.337 e. The Morgan fingerprint density at radius 1 is 1.43 bits per heavy atom. The Bertz CT molecular complexity index is 1000. The van der Waals surface area contributed by atoms with Crippen molar-refractivity contribution in [3.05, 3.63) is 20.8 Å². The smallest absolute Gasteiger partial charge is 0.263 e. The maximum atomic E-state index is 13.1. The topological polar surface area (TPSA) is 87.8 Å². The minimum atomic E-state index is -0.910. The van der Waals surface area contributed by atoms with Gasteiger partial charge in [-0.25, -0.2) is 4.98 Å². The van der Waals surface area contributed by atoms with Gasteiger partial charge in [0.25, 0.3) is 5.56 Å². The number of hydrogen-bond acceptors (Lipinski definition) is 6. The third kappa shape index (κ3) is 3.83. The van der Waals surface area contributed by atoms with Crippen molar-refractivity contribution in [2.45, 2.75) is 70.6 Å². The van der Waals surface area contributed by atoms with Gasteiger partial charge in [0, 0.05) is 11.4 Å².